The maximum absolute atomic E-state index is 14.8. The Kier molecular flexibility index (Phi) is 5.58. The number of nitrogens with two attached hydrogens (primary N) is 1. The van der Waals surface area contributed by atoms with Crippen LogP contribution in [0.4, 0.5) is 14.5 Å². The first-order chi connectivity index (χ1) is 14.5. The van der Waals surface area contributed by atoms with E-state index in [1.807, 2.05) is 0 Å². The summed E-state index contributed by atoms with van der Waals surface area (Å²) in [5.41, 5.74) is 2.60. The Hall–Kier alpha value is -2.07. The zero-order chi connectivity index (χ0) is 22.6. The quantitative estimate of drug-likeness (QED) is 0.523. The molecule has 0 fully saturated rings. The number of anilines is 1. The second-order valence-corrected chi connectivity index (χ2v) is 10.5. The predicted octanol–water partition coefficient (Wildman–Crippen LogP) is 3.26. The van der Waals surface area contributed by atoms with Crippen LogP contribution < -0.4 is 10.5 Å². The van der Waals surface area contributed by atoms with Gasteiger partial charge in [0.1, 0.15) is 21.5 Å². The molecule has 168 valence electrons. The van der Waals surface area contributed by atoms with E-state index in [0.717, 1.165) is 30.0 Å². The highest BCUT2D eigenvalue weighted by molar-refractivity contribution is 7.91. The van der Waals surface area contributed by atoms with Gasteiger partial charge in [-0.25, -0.2) is 18.1 Å². The lowest BCUT2D eigenvalue weighted by Crippen LogP contribution is -2.25. The van der Waals surface area contributed by atoms with Gasteiger partial charge < -0.3 is 15.5 Å². The van der Waals surface area contributed by atoms with Crippen LogP contribution >= 0.6 is 0 Å². The number of nitrogens with zero attached hydrogens (tertiary/aromatic N) is 1. The van der Waals surface area contributed by atoms with E-state index in [0.29, 0.717) is 48.1 Å². The molecule has 31 heavy (non-hydrogen) atoms. The molecule has 0 heterocycles. The van der Waals surface area contributed by atoms with Crippen molar-refractivity contribution in [3.63, 3.8) is 0 Å². The first kappa shape index (κ1) is 22.1. The van der Waals surface area contributed by atoms with E-state index in [9.17, 15) is 23.2 Å². The summed E-state index contributed by atoms with van der Waals surface area (Å²) in [6.45, 7) is 3.00. The molecule has 0 saturated heterocycles. The lowest BCUT2D eigenvalue weighted by atomic mass is 9.98. The second kappa shape index (κ2) is 7.81. The zero-order valence-corrected chi connectivity index (χ0v) is 18.4. The number of rotatable bonds is 5. The van der Waals surface area contributed by atoms with Crippen LogP contribution in [0.15, 0.2) is 27.5 Å². The Labute approximate surface area is 180 Å². The molecule has 6 nitrogen and oxygen atoms in total. The molecule has 9 heteroatoms. The van der Waals surface area contributed by atoms with Gasteiger partial charge in [0.25, 0.3) is 0 Å². The molecule has 0 saturated carbocycles. The average molecular weight is 452 g/mol. The maximum Gasteiger partial charge on any atom is 0.233 e. The van der Waals surface area contributed by atoms with Crippen molar-refractivity contribution in [1.29, 1.82) is 0 Å². The fourth-order valence-electron chi connectivity index (χ4n) is 4.54. The predicted molar refractivity (Wildman–Crippen MR) is 115 cm³/mol. The SMILES string of the molecule is CC(C)(O)c1ccc([S@@](N)(=O)=NC(O)Nc2c3c(c(F)c4c2CCC4)CCC3)c(F)c1. The summed E-state index contributed by atoms with van der Waals surface area (Å²) in [4.78, 5) is -0.365. The summed E-state index contributed by atoms with van der Waals surface area (Å²) in [6.07, 6.45) is 2.63. The van der Waals surface area contributed by atoms with Crippen molar-refractivity contribution < 1.29 is 23.2 Å². The number of aliphatic hydroxyl groups excluding tert-OH is 1. The van der Waals surface area contributed by atoms with Gasteiger partial charge in [-0.15, -0.1) is 0 Å². The molecule has 0 aliphatic heterocycles. The summed E-state index contributed by atoms with van der Waals surface area (Å²) >= 11 is 0. The lowest BCUT2D eigenvalue weighted by Gasteiger charge is -2.20. The van der Waals surface area contributed by atoms with Crippen LogP contribution in [-0.2, 0) is 41.2 Å². The molecule has 0 aromatic heterocycles. The summed E-state index contributed by atoms with van der Waals surface area (Å²) in [6, 6.07) is 3.67. The van der Waals surface area contributed by atoms with E-state index >= 15 is 0 Å². The van der Waals surface area contributed by atoms with E-state index in [1.54, 1.807) is 0 Å². The molecule has 0 amide bonds. The van der Waals surface area contributed by atoms with Crippen LogP contribution in [0, 0.1) is 11.6 Å². The number of hydrogen-bond acceptors (Lipinski definition) is 5. The summed E-state index contributed by atoms with van der Waals surface area (Å²) in [5, 5.41) is 29.2. The molecule has 0 spiro atoms. The zero-order valence-electron chi connectivity index (χ0n) is 17.5. The Morgan fingerprint density at radius 2 is 1.65 bits per heavy atom. The largest absolute Gasteiger partial charge is 0.386 e. The molecular formula is C22H27F2N3O3S. The standard InChI is InChI=1S/C22H27F2N3O3S/c1-22(2,29)12-9-10-18(17(23)11-12)31(25,30)27-21(28)26-20-15-7-3-5-13(15)19(24)14-6-4-8-16(14)20/h9-11,21,26,28-29H,3-8H2,1-2H3,(H2,25,27,30)/t21?,31-/m0/s1. The van der Waals surface area contributed by atoms with Gasteiger partial charge in [0.05, 0.1) is 10.5 Å². The van der Waals surface area contributed by atoms with Crippen LogP contribution in [0.2, 0.25) is 0 Å². The highest BCUT2D eigenvalue weighted by atomic mass is 32.2. The van der Waals surface area contributed by atoms with Crippen LogP contribution in [0.1, 0.15) is 54.5 Å². The molecule has 1 unspecified atom stereocenters. The minimum Gasteiger partial charge on any atom is -0.386 e. The molecule has 0 bridgehead atoms. The van der Waals surface area contributed by atoms with E-state index in [-0.39, 0.29) is 10.7 Å². The summed E-state index contributed by atoms with van der Waals surface area (Å²) in [5.74, 6) is -1.03. The molecule has 4 rings (SSSR count). The molecule has 0 radical (unpaired) electrons. The Morgan fingerprint density at radius 3 is 2.16 bits per heavy atom. The smallest absolute Gasteiger partial charge is 0.233 e. The fourth-order valence-corrected chi connectivity index (χ4v) is 5.61. The summed E-state index contributed by atoms with van der Waals surface area (Å²) < 4.78 is 46.1. The van der Waals surface area contributed by atoms with Crippen molar-refractivity contribution in [3.8, 4) is 0 Å². The van der Waals surface area contributed by atoms with Gasteiger partial charge in [-0.2, -0.15) is 4.36 Å². The van der Waals surface area contributed by atoms with Crippen LogP contribution in [0.3, 0.4) is 0 Å². The second-order valence-electron chi connectivity index (χ2n) is 8.71. The van der Waals surface area contributed by atoms with Crippen molar-refractivity contribution in [3.05, 3.63) is 57.7 Å². The van der Waals surface area contributed by atoms with Crippen molar-refractivity contribution >= 4 is 15.6 Å². The molecule has 2 aromatic rings. The van der Waals surface area contributed by atoms with Crippen molar-refractivity contribution in [1.82, 2.24) is 0 Å². The Morgan fingerprint density at radius 1 is 1.10 bits per heavy atom. The van der Waals surface area contributed by atoms with E-state index in [2.05, 4.69) is 9.68 Å². The van der Waals surface area contributed by atoms with E-state index in [1.165, 1.54) is 26.0 Å². The molecule has 2 atom stereocenters. The van der Waals surface area contributed by atoms with Crippen molar-refractivity contribution in [2.24, 2.45) is 9.50 Å². The number of aliphatic hydroxyl groups is 2. The highest BCUT2D eigenvalue weighted by Crippen LogP contribution is 2.41. The molecule has 2 aliphatic carbocycles. The number of benzene rings is 2. The first-order valence-electron chi connectivity index (χ1n) is 10.3. The topological polar surface area (TPSA) is 108 Å². The van der Waals surface area contributed by atoms with Crippen LogP contribution in [0.25, 0.3) is 0 Å². The van der Waals surface area contributed by atoms with Crippen LogP contribution in [0.5, 0.6) is 0 Å². The monoisotopic (exact) mass is 451 g/mol. The fraction of sp³-hybridized carbons (Fsp3) is 0.455. The first-order valence-corrected chi connectivity index (χ1v) is 11.9. The number of fused-ring (bicyclic) bond motifs is 2. The Balaban J connectivity index is 1.68. The van der Waals surface area contributed by atoms with Gasteiger partial charge in [-0.05, 0) is 92.3 Å². The number of nitrogens with one attached hydrogen (secondary N) is 1. The third-order valence-electron chi connectivity index (χ3n) is 6.05. The highest BCUT2D eigenvalue weighted by Gasteiger charge is 2.30. The molecular weight excluding hydrogens is 424 g/mol. The minimum atomic E-state index is -3.78. The van der Waals surface area contributed by atoms with Gasteiger partial charge in [0, 0.05) is 5.69 Å². The van der Waals surface area contributed by atoms with Gasteiger partial charge in [0.15, 0.2) is 0 Å². The van der Waals surface area contributed by atoms with E-state index in [4.69, 9.17) is 5.14 Å². The van der Waals surface area contributed by atoms with Gasteiger partial charge in [-0.3, -0.25) is 0 Å². The van der Waals surface area contributed by atoms with E-state index < -0.39 is 27.7 Å². The molecule has 5 N–H and O–H groups in total. The number of hydrogen-bond donors (Lipinski definition) is 4. The molecule has 2 aliphatic rings. The lowest BCUT2D eigenvalue weighted by molar-refractivity contribution is 0.0781. The number of halogens is 2. The maximum atomic E-state index is 14.8. The molecule has 2 aromatic carbocycles. The summed E-state index contributed by atoms with van der Waals surface area (Å²) in [7, 11) is -3.78. The normalized spacial score (nSPS) is 18.3. The van der Waals surface area contributed by atoms with Crippen molar-refractivity contribution in [2.75, 3.05) is 5.32 Å². The van der Waals surface area contributed by atoms with Gasteiger partial charge >= 0.3 is 0 Å². The Bertz CT molecular complexity index is 1130. The van der Waals surface area contributed by atoms with Gasteiger partial charge in [-0.1, -0.05) is 6.07 Å². The third kappa shape index (κ3) is 4.07. The average Bonchev–Trinajstić information content (AvgIpc) is 3.33. The van der Waals surface area contributed by atoms with Crippen LogP contribution in [-0.4, -0.2) is 20.8 Å². The third-order valence-corrected chi connectivity index (χ3v) is 7.53. The van der Waals surface area contributed by atoms with Gasteiger partial charge in [0.2, 0.25) is 6.35 Å². The van der Waals surface area contributed by atoms with Crippen molar-refractivity contribution in [2.45, 2.75) is 69.2 Å². The minimum absolute atomic E-state index is 0.145.